The number of carbonyl (C=O) groups is 1. The lowest BCUT2D eigenvalue weighted by Gasteiger charge is -2.11. The number of alkyl halides is 2. The van der Waals surface area contributed by atoms with Crippen LogP contribution in [0.5, 0.6) is 0 Å². The molecule has 0 saturated heterocycles. The summed E-state index contributed by atoms with van der Waals surface area (Å²) in [6.07, 6.45) is 1.36. The molecule has 0 spiro atoms. The first kappa shape index (κ1) is 12.6. The normalized spacial score (nSPS) is 13.4. The van der Waals surface area contributed by atoms with Gasteiger partial charge in [-0.15, -0.1) is 0 Å². The van der Waals surface area contributed by atoms with E-state index in [-0.39, 0.29) is 10.4 Å². The van der Waals surface area contributed by atoms with Gasteiger partial charge in [0, 0.05) is 11.6 Å². The Morgan fingerprint density at radius 2 is 1.94 bits per heavy atom. The molecule has 2 rings (SSSR count). The number of hydrogen-bond acceptors (Lipinski definition) is 3. The van der Waals surface area contributed by atoms with Crippen molar-refractivity contribution >= 4 is 27.7 Å². The van der Waals surface area contributed by atoms with Crippen molar-refractivity contribution in [1.29, 1.82) is 0 Å². The van der Waals surface area contributed by atoms with E-state index in [0.717, 1.165) is 0 Å². The van der Waals surface area contributed by atoms with E-state index in [2.05, 4.69) is 4.98 Å². The summed E-state index contributed by atoms with van der Waals surface area (Å²) in [5, 5.41) is 4.56. The molecule has 1 unspecified atom stereocenters. The number of benzene rings is 1. The third-order valence-electron chi connectivity index (χ3n) is 2.28. The average molecular weight is 271 g/mol. The van der Waals surface area contributed by atoms with Crippen molar-refractivity contribution in [1.82, 2.24) is 4.98 Å². The van der Waals surface area contributed by atoms with Gasteiger partial charge in [-0.3, -0.25) is 4.98 Å². The molecule has 4 nitrogen and oxygen atoms in total. The van der Waals surface area contributed by atoms with Gasteiger partial charge in [0.1, 0.15) is 10.8 Å². The molecule has 1 N–H and O–H groups in total. The molecule has 0 radical (unpaired) electrons. The van der Waals surface area contributed by atoms with Crippen LogP contribution in [0.1, 0.15) is 0 Å². The molecule has 0 fully saturated rings. The van der Waals surface area contributed by atoms with Crippen molar-refractivity contribution in [3.05, 3.63) is 36.5 Å². The van der Waals surface area contributed by atoms with Crippen LogP contribution in [0.4, 0.5) is 8.78 Å². The van der Waals surface area contributed by atoms with Gasteiger partial charge in [0.2, 0.25) is 0 Å². The van der Waals surface area contributed by atoms with E-state index < -0.39 is 22.0 Å². The molecule has 0 bridgehead atoms. The molecule has 7 heteroatoms. The monoisotopic (exact) mass is 271 g/mol. The fourth-order valence-corrected chi connectivity index (χ4v) is 2.43. The number of carboxylic acids is 1. The van der Waals surface area contributed by atoms with Gasteiger partial charge >= 0.3 is 11.2 Å². The van der Waals surface area contributed by atoms with Crippen molar-refractivity contribution in [3.63, 3.8) is 0 Å². The molecule has 1 aromatic carbocycles. The highest BCUT2D eigenvalue weighted by Gasteiger charge is 2.47. The molecule has 0 aliphatic rings. The second-order valence-electron chi connectivity index (χ2n) is 3.42. The minimum Gasteiger partial charge on any atom is -0.476 e. The molecule has 0 aliphatic heterocycles. The summed E-state index contributed by atoms with van der Waals surface area (Å²) in [5.41, 5.74) is 0.110. The number of hydrogen-bond donors (Lipinski definition) is 1. The van der Waals surface area contributed by atoms with E-state index in [1.54, 1.807) is 18.2 Å². The zero-order valence-electron chi connectivity index (χ0n) is 8.84. The Bertz CT molecular complexity index is 640. The summed E-state index contributed by atoms with van der Waals surface area (Å²) in [4.78, 5) is 14.0. The summed E-state index contributed by atoms with van der Waals surface area (Å²) < 4.78 is 38.1. The maximum absolute atomic E-state index is 13.2. The van der Waals surface area contributed by atoms with Gasteiger partial charge in [-0.1, -0.05) is 18.2 Å². The minimum atomic E-state index is -4.34. The molecule has 0 aliphatic carbocycles. The predicted octanol–water partition coefficient (Wildman–Crippen LogP) is 2.02. The summed E-state index contributed by atoms with van der Waals surface area (Å²) in [6.45, 7) is 0. The van der Waals surface area contributed by atoms with Crippen molar-refractivity contribution < 1.29 is 22.9 Å². The summed E-state index contributed by atoms with van der Waals surface area (Å²) in [7, 11) is -2.99. The van der Waals surface area contributed by atoms with Crippen LogP contribution in [-0.2, 0) is 15.6 Å². The largest absolute Gasteiger partial charge is 0.476 e. The Labute approximate surface area is 103 Å². The number of aliphatic carboxylic acids is 1. The van der Waals surface area contributed by atoms with E-state index >= 15 is 0 Å². The van der Waals surface area contributed by atoms with E-state index in [1.807, 2.05) is 0 Å². The second kappa shape index (κ2) is 4.41. The van der Waals surface area contributed by atoms with Crippen LogP contribution in [0.2, 0.25) is 0 Å². The van der Waals surface area contributed by atoms with Gasteiger partial charge in [0.15, 0.2) is 0 Å². The zero-order valence-corrected chi connectivity index (χ0v) is 9.66. The Hall–Kier alpha value is -1.89. The third-order valence-corrected chi connectivity index (χ3v) is 3.65. The van der Waals surface area contributed by atoms with Crippen LogP contribution >= 0.6 is 0 Å². The zero-order chi connectivity index (χ0) is 13.3. The highest BCUT2D eigenvalue weighted by Crippen LogP contribution is 2.29. The number of para-hydroxylation sites is 1. The van der Waals surface area contributed by atoms with Gasteiger partial charge in [0.25, 0.3) is 0 Å². The first-order valence-electron chi connectivity index (χ1n) is 4.81. The van der Waals surface area contributed by atoms with E-state index in [4.69, 9.17) is 5.11 Å². The molecular weight excluding hydrogens is 264 g/mol. The van der Waals surface area contributed by atoms with Crippen LogP contribution in [0.3, 0.4) is 0 Å². The van der Waals surface area contributed by atoms with E-state index in [9.17, 15) is 17.8 Å². The van der Waals surface area contributed by atoms with Gasteiger partial charge in [-0.25, -0.2) is 9.00 Å². The molecule has 18 heavy (non-hydrogen) atoms. The fraction of sp³-hybridized carbons (Fsp3) is 0.0909. The Balaban J connectivity index is 2.62. The van der Waals surface area contributed by atoms with E-state index in [0.29, 0.717) is 5.39 Å². The molecule has 1 heterocycles. The lowest BCUT2D eigenvalue weighted by molar-refractivity contribution is -0.153. The standard InChI is InChI=1S/C11H7F2NO3S/c12-11(13,10(15)16)18(17)8-5-1-3-7-4-2-6-14-9(7)8/h1-6H,(H,15,16). The van der Waals surface area contributed by atoms with Gasteiger partial charge < -0.3 is 5.11 Å². The molecule has 0 amide bonds. The number of pyridine rings is 1. The molecule has 0 saturated carbocycles. The number of rotatable bonds is 3. The second-order valence-corrected chi connectivity index (χ2v) is 4.91. The highest BCUT2D eigenvalue weighted by atomic mass is 32.2. The molecule has 1 atom stereocenters. The first-order chi connectivity index (χ1) is 8.44. The van der Waals surface area contributed by atoms with Gasteiger partial charge in [-0.05, 0) is 12.1 Å². The van der Waals surface area contributed by atoms with Crippen LogP contribution in [0, 0.1) is 0 Å². The van der Waals surface area contributed by atoms with E-state index in [1.165, 1.54) is 18.3 Å². The summed E-state index contributed by atoms with van der Waals surface area (Å²) in [5.74, 6) is -2.42. The van der Waals surface area contributed by atoms with Crippen LogP contribution in [0.25, 0.3) is 10.9 Å². The minimum absolute atomic E-state index is 0.110. The number of aromatic nitrogens is 1. The average Bonchev–Trinajstić information content (AvgIpc) is 2.37. The van der Waals surface area contributed by atoms with Gasteiger partial charge in [-0.2, -0.15) is 8.78 Å². The quantitative estimate of drug-likeness (QED) is 0.927. The Kier molecular flexibility index (Phi) is 3.08. The van der Waals surface area contributed by atoms with Crippen molar-refractivity contribution in [2.45, 2.75) is 10.2 Å². The van der Waals surface area contributed by atoms with Crippen LogP contribution < -0.4 is 0 Å². The molecule has 1 aromatic heterocycles. The lowest BCUT2D eigenvalue weighted by atomic mass is 10.2. The Morgan fingerprint density at radius 1 is 1.28 bits per heavy atom. The number of carboxylic acid groups (broad SMARTS) is 1. The Morgan fingerprint density at radius 3 is 2.61 bits per heavy atom. The van der Waals surface area contributed by atoms with Crippen molar-refractivity contribution in [3.8, 4) is 0 Å². The molecule has 94 valence electrons. The third kappa shape index (κ3) is 1.97. The number of halogens is 2. The summed E-state index contributed by atoms with van der Waals surface area (Å²) in [6, 6.07) is 7.44. The predicted molar refractivity (Wildman–Crippen MR) is 60.7 cm³/mol. The lowest BCUT2D eigenvalue weighted by Crippen LogP contribution is -2.33. The van der Waals surface area contributed by atoms with Crippen LogP contribution in [0.15, 0.2) is 41.4 Å². The van der Waals surface area contributed by atoms with Crippen molar-refractivity contribution in [2.24, 2.45) is 0 Å². The molecular formula is C11H7F2NO3S. The topological polar surface area (TPSA) is 67.3 Å². The maximum atomic E-state index is 13.2. The fourth-order valence-electron chi connectivity index (χ4n) is 1.44. The van der Waals surface area contributed by atoms with Gasteiger partial charge in [0.05, 0.1) is 10.4 Å². The smallest absolute Gasteiger partial charge is 0.419 e. The van der Waals surface area contributed by atoms with Crippen molar-refractivity contribution in [2.75, 3.05) is 0 Å². The van der Waals surface area contributed by atoms with Crippen LogP contribution in [-0.4, -0.2) is 25.5 Å². The summed E-state index contributed by atoms with van der Waals surface area (Å²) >= 11 is 0. The first-order valence-corrected chi connectivity index (χ1v) is 5.96. The number of nitrogens with zero attached hydrogens (tertiary/aromatic N) is 1. The maximum Gasteiger partial charge on any atom is 0.419 e. The highest BCUT2D eigenvalue weighted by molar-refractivity contribution is 7.87. The SMILES string of the molecule is O=C(O)C(F)(F)S(=O)c1cccc2cccnc12. The number of fused-ring (bicyclic) bond motifs is 1. The molecule has 2 aromatic rings.